The van der Waals surface area contributed by atoms with Crippen molar-refractivity contribution in [2.45, 2.75) is 44.9 Å². The van der Waals surface area contributed by atoms with Gasteiger partial charge in [-0.05, 0) is 51.0 Å². The highest BCUT2D eigenvalue weighted by Crippen LogP contribution is 2.35. The molecule has 6 rings (SSSR count). The number of aryl methyl sites for hydroxylation is 4. The Bertz CT molecular complexity index is 1770. The molecular formula is C32H29N5OS. The molecule has 0 spiro atoms. The Hall–Kier alpha value is -4.23. The molecule has 3 aromatic carbocycles. The molecule has 0 unspecified atom stereocenters. The molecule has 0 N–H and O–H groups in total. The molecule has 0 saturated heterocycles. The molecule has 0 aliphatic carbocycles. The summed E-state index contributed by atoms with van der Waals surface area (Å²) in [7, 11) is 0. The van der Waals surface area contributed by atoms with E-state index >= 15 is 0 Å². The quantitative estimate of drug-likeness (QED) is 0.154. The van der Waals surface area contributed by atoms with Crippen LogP contribution in [0.25, 0.3) is 39.6 Å². The minimum absolute atomic E-state index is 0.625. The molecule has 6 nitrogen and oxygen atoms in total. The first-order chi connectivity index (χ1) is 19.0. The van der Waals surface area contributed by atoms with Crippen LogP contribution in [0.2, 0.25) is 0 Å². The summed E-state index contributed by atoms with van der Waals surface area (Å²) < 4.78 is 8.08. The summed E-state index contributed by atoms with van der Waals surface area (Å²) in [5.74, 6) is 2.79. The van der Waals surface area contributed by atoms with Crippen LogP contribution in [0.4, 0.5) is 0 Å². The summed E-state index contributed by atoms with van der Waals surface area (Å²) >= 11 is 1.65. The number of hydrogen-bond donors (Lipinski definition) is 0. The summed E-state index contributed by atoms with van der Waals surface area (Å²) in [6, 6.07) is 26.6. The van der Waals surface area contributed by atoms with Crippen molar-refractivity contribution < 1.29 is 4.42 Å². The van der Waals surface area contributed by atoms with Crippen molar-refractivity contribution in [1.82, 2.24) is 24.7 Å². The van der Waals surface area contributed by atoms with Gasteiger partial charge in [-0.15, -0.1) is 0 Å². The summed E-state index contributed by atoms with van der Waals surface area (Å²) in [6.45, 7) is 8.27. The van der Waals surface area contributed by atoms with Gasteiger partial charge in [0.2, 0.25) is 5.89 Å². The molecule has 3 aromatic heterocycles. The van der Waals surface area contributed by atoms with Crippen molar-refractivity contribution in [3.8, 4) is 28.5 Å². The molecule has 0 aliphatic rings. The highest BCUT2D eigenvalue weighted by molar-refractivity contribution is 7.98. The Balaban J connectivity index is 1.44. The average Bonchev–Trinajstić information content (AvgIpc) is 3.54. The summed E-state index contributed by atoms with van der Waals surface area (Å²) in [6.07, 6.45) is 0.776. The minimum Gasteiger partial charge on any atom is -0.441 e. The van der Waals surface area contributed by atoms with E-state index in [4.69, 9.17) is 24.5 Å². The second-order valence-corrected chi connectivity index (χ2v) is 10.6. The lowest BCUT2D eigenvalue weighted by Crippen LogP contribution is -2.00. The van der Waals surface area contributed by atoms with Crippen LogP contribution < -0.4 is 0 Å². The van der Waals surface area contributed by atoms with Gasteiger partial charge < -0.3 is 4.42 Å². The van der Waals surface area contributed by atoms with Gasteiger partial charge in [0, 0.05) is 16.9 Å². The largest absolute Gasteiger partial charge is 0.441 e. The SMILES string of the molecule is CCc1nn(-c2ccccc2)c2nc(-c3ccccc3)nc(SCc3nc(-c4cc(C)ccc4C)oc3C)c12. The van der Waals surface area contributed by atoms with E-state index in [2.05, 4.69) is 51.1 Å². The van der Waals surface area contributed by atoms with E-state index in [1.165, 1.54) is 5.56 Å². The van der Waals surface area contributed by atoms with E-state index < -0.39 is 0 Å². The Morgan fingerprint density at radius 2 is 1.56 bits per heavy atom. The maximum atomic E-state index is 6.14. The van der Waals surface area contributed by atoms with Gasteiger partial charge in [-0.25, -0.2) is 19.6 Å². The third kappa shape index (κ3) is 4.86. The van der Waals surface area contributed by atoms with Crippen LogP contribution in [0, 0.1) is 20.8 Å². The molecule has 0 bridgehead atoms. The molecule has 3 heterocycles. The van der Waals surface area contributed by atoms with Crippen LogP contribution in [-0.4, -0.2) is 24.7 Å². The fraction of sp³-hybridized carbons (Fsp3) is 0.188. The highest BCUT2D eigenvalue weighted by Gasteiger charge is 2.21. The van der Waals surface area contributed by atoms with E-state index in [9.17, 15) is 0 Å². The first-order valence-corrected chi connectivity index (χ1v) is 14.1. The second kappa shape index (κ2) is 10.5. The highest BCUT2D eigenvalue weighted by atomic mass is 32.2. The van der Waals surface area contributed by atoms with Crippen molar-refractivity contribution in [2.24, 2.45) is 0 Å². The van der Waals surface area contributed by atoms with Crippen LogP contribution in [0.15, 0.2) is 88.3 Å². The second-order valence-electron chi connectivity index (χ2n) is 9.59. The minimum atomic E-state index is 0.625. The average molecular weight is 532 g/mol. The standard InChI is InChI=1S/C32H29N5OS/c1-5-26-28-30(37(36-26)24-14-10-7-11-15-24)34-29(23-12-8-6-9-13-23)35-32(28)39-19-27-22(4)38-31(33-27)25-18-20(2)16-17-21(25)3/h6-18H,5,19H2,1-4H3. The van der Waals surface area contributed by atoms with Crippen molar-refractivity contribution in [3.63, 3.8) is 0 Å². The zero-order chi connectivity index (χ0) is 26.9. The molecule has 0 fully saturated rings. The monoisotopic (exact) mass is 531 g/mol. The molecule has 0 saturated carbocycles. The lowest BCUT2D eigenvalue weighted by Gasteiger charge is -2.08. The molecule has 0 atom stereocenters. The number of thioether (sulfide) groups is 1. The molecular weight excluding hydrogens is 502 g/mol. The van der Waals surface area contributed by atoms with Crippen molar-refractivity contribution in [3.05, 3.63) is 107 Å². The van der Waals surface area contributed by atoms with Gasteiger partial charge >= 0.3 is 0 Å². The zero-order valence-corrected chi connectivity index (χ0v) is 23.3. The number of aromatic nitrogens is 5. The summed E-state index contributed by atoms with van der Waals surface area (Å²) in [5, 5.41) is 6.86. The number of rotatable bonds is 7. The number of oxazole rings is 1. The predicted molar refractivity (Wildman–Crippen MR) is 157 cm³/mol. The summed E-state index contributed by atoms with van der Waals surface area (Å²) in [4.78, 5) is 15.0. The third-order valence-corrected chi connectivity index (χ3v) is 7.78. The van der Waals surface area contributed by atoms with Gasteiger partial charge in [-0.2, -0.15) is 5.10 Å². The number of para-hydroxylation sites is 1. The van der Waals surface area contributed by atoms with E-state index in [1.54, 1.807) is 11.8 Å². The Morgan fingerprint density at radius 3 is 2.31 bits per heavy atom. The summed E-state index contributed by atoms with van der Waals surface area (Å²) in [5.41, 5.74) is 8.00. The van der Waals surface area contributed by atoms with Gasteiger partial charge in [0.15, 0.2) is 11.5 Å². The number of nitrogens with zero attached hydrogens (tertiary/aromatic N) is 5. The Kier molecular flexibility index (Phi) is 6.75. The smallest absolute Gasteiger partial charge is 0.226 e. The van der Waals surface area contributed by atoms with Gasteiger partial charge in [-0.3, -0.25) is 0 Å². The fourth-order valence-corrected chi connectivity index (χ4v) is 5.70. The van der Waals surface area contributed by atoms with E-state index in [0.717, 1.165) is 62.0 Å². The number of fused-ring (bicyclic) bond motifs is 1. The van der Waals surface area contributed by atoms with Gasteiger partial charge in [0.05, 0.1) is 22.5 Å². The first kappa shape index (κ1) is 25.1. The lowest BCUT2D eigenvalue weighted by atomic mass is 10.1. The maximum Gasteiger partial charge on any atom is 0.226 e. The number of hydrogen-bond acceptors (Lipinski definition) is 6. The van der Waals surface area contributed by atoms with Crippen LogP contribution >= 0.6 is 11.8 Å². The van der Waals surface area contributed by atoms with Crippen molar-refractivity contribution >= 4 is 22.8 Å². The first-order valence-electron chi connectivity index (χ1n) is 13.1. The topological polar surface area (TPSA) is 69.6 Å². The van der Waals surface area contributed by atoms with Gasteiger partial charge in [-0.1, -0.05) is 84.9 Å². The molecule has 7 heteroatoms. The molecule has 39 heavy (non-hydrogen) atoms. The van der Waals surface area contributed by atoms with Crippen LogP contribution in [0.1, 0.15) is 35.2 Å². The third-order valence-electron chi connectivity index (χ3n) is 6.80. The molecule has 0 amide bonds. The van der Waals surface area contributed by atoms with Gasteiger partial charge in [0.25, 0.3) is 0 Å². The van der Waals surface area contributed by atoms with Crippen LogP contribution in [0.3, 0.4) is 0 Å². The Labute approximate surface area is 232 Å². The van der Waals surface area contributed by atoms with Gasteiger partial charge in [0.1, 0.15) is 10.8 Å². The van der Waals surface area contributed by atoms with E-state index in [1.807, 2.05) is 60.1 Å². The predicted octanol–water partition coefficient (Wildman–Crippen LogP) is 7.92. The Morgan fingerprint density at radius 1 is 0.821 bits per heavy atom. The lowest BCUT2D eigenvalue weighted by molar-refractivity contribution is 0.540. The molecule has 6 aromatic rings. The van der Waals surface area contributed by atoms with Crippen LogP contribution in [0.5, 0.6) is 0 Å². The fourth-order valence-electron chi connectivity index (χ4n) is 4.65. The van der Waals surface area contributed by atoms with Crippen LogP contribution in [-0.2, 0) is 12.2 Å². The van der Waals surface area contributed by atoms with E-state index in [-0.39, 0.29) is 0 Å². The maximum absolute atomic E-state index is 6.14. The van der Waals surface area contributed by atoms with Crippen molar-refractivity contribution in [1.29, 1.82) is 0 Å². The molecule has 0 radical (unpaired) electrons. The van der Waals surface area contributed by atoms with Crippen molar-refractivity contribution in [2.75, 3.05) is 0 Å². The zero-order valence-electron chi connectivity index (χ0n) is 22.5. The molecule has 194 valence electrons. The number of benzene rings is 3. The van der Waals surface area contributed by atoms with E-state index in [0.29, 0.717) is 17.5 Å². The normalized spacial score (nSPS) is 11.4. The molecule has 0 aliphatic heterocycles.